The van der Waals surface area contributed by atoms with E-state index in [0.29, 0.717) is 21.9 Å². The molecule has 0 bridgehead atoms. The first-order valence-electron chi connectivity index (χ1n) is 8.37. The van der Waals surface area contributed by atoms with Crippen LogP contribution in [0.15, 0.2) is 48.9 Å². The fourth-order valence-corrected chi connectivity index (χ4v) is 3.94. The predicted molar refractivity (Wildman–Crippen MR) is 94.8 cm³/mol. The molecule has 0 amide bonds. The summed E-state index contributed by atoms with van der Waals surface area (Å²) in [6, 6.07) is 7.72. The number of hydrogen-bond acceptors (Lipinski definition) is 3. The highest BCUT2D eigenvalue weighted by atomic mass is 35.5. The Morgan fingerprint density at radius 3 is 2.74 bits per heavy atom. The van der Waals surface area contributed by atoms with Crippen LogP contribution in [-0.4, -0.2) is 19.6 Å². The molecule has 3 aromatic heterocycles. The molecular weight excluding hydrogens is 377 g/mol. The van der Waals surface area contributed by atoms with Crippen LogP contribution in [0.1, 0.15) is 34.9 Å². The lowest BCUT2D eigenvalue weighted by molar-refractivity contribution is -0.136. The Balaban J connectivity index is 1.60. The molecule has 0 saturated heterocycles. The second-order valence-electron chi connectivity index (χ2n) is 6.70. The third-order valence-electron chi connectivity index (χ3n) is 5.02. The van der Waals surface area contributed by atoms with Crippen molar-refractivity contribution in [1.29, 1.82) is 0 Å². The number of nitrogens with zero attached hydrogens (tertiary/aromatic N) is 4. The summed E-state index contributed by atoms with van der Waals surface area (Å²) in [6.45, 7) is 0. The molecule has 1 aromatic carbocycles. The Bertz CT molecular complexity index is 1180. The summed E-state index contributed by atoms with van der Waals surface area (Å²) in [6.07, 6.45) is 1.13. The van der Waals surface area contributed by atoms with Gasteiger partial charge in [0.1, 0.15) is 5.15 Å². The first kappa shape index (κ1) is 16.5. The largest absolute Gasteiger partial charge is 0.417 e. The quantitative estimate of drug-likeness (QED) is 0.473. The molecule has 0 aliphatic heterocycles. The lowest BCUT2D eigenvalue weighted by Gasteiger charge is -2.13. The number of rotatable bonds is 2. The molecule has 1 aliphatic carbocycles. The monoisotopic (exact) mass is 388 g/mol. The van der Waals surface area contributed by atoms with Gasteiger partial charge in [-0.05, 0) is 48.1 Å². The third kappa shape index (κ3) is 2.73. The van der Waals surface area contributed by atoms with Crippen LogP contribution in [0.5, 0.6) is 0 Å². The van der Waals surface area contributed by atoms with E-state index in [1.54, 1.807) is 29.0 Å². The summed E-state index contributed by atoms with van der Waals surface area (Å²) in [7, 11) is 0. The van der Waals surface area contributed by atoms with Gasteiger partial charge in [-0.25, -0.2) is 9.50 Å². The molecule has 8 heteroatoms. The number of hydrogen-bond donors (Lipinski definition) is 0. The van der Waals surface area contributed by atoms with Crippen molar-refractivity contribution in [2.45, 2.75) is 24.4 Å². The van der Waals surface area contributed by atoms with Gasteiger partial charge in [0.15, 0.2) is 5.65 Å². The standard InChI is InChI=1S/C19H12ClF3N4/c20-17-9-14(18-25-4-5-27(18)26-17)13-8-12(13)10-6-15(19(21,22)23)11-2-1-3-24-16(11)7-10/h1-7,9,12-13H,8H2/t12?,13-/m0/s1. The molecular formula is C19H12ClF3N4. The van der Waals surface area contributed by atoms with E-state index in [2.05, 4.69) is 15.1 Å². The lowest BCUT2D eigenvalue weighted by atomic mass is 9.99. The maximum atomic E-state index is 13.6. The molecule has 1 unspecified atom stereocenters. The van der Waals surface area contributed by atoms with Crippen molar-refractivity contribution in [3.05, 3.63) is 70.8 Å². The minimum Gasteiger partial charge on any atom is -0.256 e. The molecule has 1 saturated carbocycles. The maximum absolute atomic E-state index is 13.6. The molecule has 27 heavy (non-hydrogen) atoms. The zero-order valence-corrected chi connectivity index (χ0v) is 14.5. The van der Waals surface area contributed by atoms with Crippen molar-refractivity contribution in [3.8, 4) is 0 Å². The second-order valence-corrected chi connectivity index (χ2v) is 7.09. The van der Waals surface area contributed by atoms with E-state index in [1.807, 2.05) is 0 Å². The molecule has 1 fully saturated rings. The zero-order valence-electron chi connectivity index (χ0n) is 13.8. The Morgan fingerprint density at radius 2 is 1.93 bits per heavy atom. The van der Waals surface area contributed by atoms with Crippen LogP contribution in [-0.2, 0) is 6.18 Å². The highest BCUT2D eigenvalue weighted by Crippen LogP contribution is 2.56. The van der Waals surface area contributed by atoms with E-state index < -0.39 is 11.7 Å². The van der Waals surface area contributed by atoms with Crippen LogP contribution < -0.4 is 0 Å². The van der Waals surface area contributed by atoms with Crippen molar-refractivity contribution in [2.24, 2.45) is 0 Å². The number of imidazole rings is 1. The third-order valence-corrected chi connectivity index (χ3v) is 5.21. The molecule has 1 aliphatic rings. The summed E-state index contributed by atoms with van der Waals surface area (Å²) in [5.74, 6) is 0.0223. The Kier molecular flexibility index (Phi) is 3.46. The SMILES string of the molecule is FC(F)(F)c1cc(C2C[C@@H]2c2cc(Cl)nn3ccnc23)cc2ncccc12. The maximum Gasteiger partial charge on any atom is 0.417 e. The van der Waals surface area contributed by atoms with Crippen molar-refractivity contribution in [3.63, 3.8) is 0 Å². The van der Waals surface area contributed by atoms with Crippen molar-refractivity contribution in [2.75, 3.05) is 0 Å². The van der Waals surface area contributed by atoms with Crippen LogP contribution >= 0.6 is 11.6 Å². The average Bonchev–Trinajstić information content (AvgIpc) is 3.29. The van der Waals surface area contributed by atoms with E-state index in [9.17, 15) is 13.2 Å². The topological polar surface area (TPSA) is 43.1 Å². The van der Waals surface area contributed by atoms with Gasteiger partial charge in [0.05, 0.1) is 11.1 Å². The summed E-state index contributed by atoms with van der Waals surface area (Å²) < 4.78 is 42.3. The molecule has 136 valence electrons. The molecule has 5 rings (SSSR count). The molecule has 4 nitrogen and oxygen atoms in total. The smallest absolute Gasteiger partial charge is 0.256 e. The minimum absolute atomic E-state index is 0.0310. The number of benzene rings is 1. The van der Waals surface area contributed by atoms with Crippen molar-refractivity contribution in [1.82, 2.24) is 19.6 Å². The first-order chi connectivity index (χ1) is 12.9. The van der Waals surface area contributed by atoms with Gasteiger partial charge in [-0.3, -0.25) is 4.98 Å². The minimum atomic E-state index is -4.43. The van der Waals surface area contributed by atoms with E-state index in [1.165, 1.54) is 24.4 Å². The fraction of sp³-hybridized carbons (Fsp3) is 0.211. The highest BCUT2D eigenvalue weighted by Gasteiger charge is 2.43. The number of pyridine rings is 1. The Hall–Kier alpha value is -2.67. The van der Waals surface area contributed by atoms with Crippen LogP contribution in [0, 0.1) is 0 Å². The Labute approximate surface area is 156 Å². The highest BCUT2D eigenvalue weighted by molar-refractivity contribution is 6.29. The number of halogens is 4. The summed E-state index contributed by atoms with van der Waals surface area (Å²) in [4.78, 5) is 8.44. The first-order valence-corrected chi connectivity index (χ1v) is 8.75. The average molecular weight is 389 g/mol. The Morgan fingerprint density at radius 1 is 1.07 bits per heavy atom. The number of fused-ring (bicyclic) bond motifs is 2. The summed E-state index contributed by atoms with van der Waals surface area (Å²) in [5.41, 5.74) is 1.93. The normalized spacial score (nSPS) is 19.7. The molecule has 0 radical (unpaired) electrons. The van der Waals surface area contributed by atoms with Gasteiger partial charge in [0.2, 0.25) is 0 Å². The van der Waals surface area contributed by atoms with E-state index in [0.717, 1.165) is 12.0 Å². The van der Waals surface area contributed by atoms with Gasteiger partial charge in [0, 0.05) is 29.5 Å². The van der Waals surface area contributed by atoms with E-state index in [-0.39, 0.29) is 17.2 Å². The molecule has 4 aromatic rings. The summed E-state index contributed by atoms with van der Waals surface area (Å²) >= 11 is 6.09. The summed E-state index contributed by atoms with van der Waals surface area (Å²) in [5, 5.41) is 4.60. The van der Waals surface area contributed by atoms with Gasteiger partial charge in [-0.15, -0.1) is 0 Å². The van der Waals surface area contributed by atoms with Gasteiger partial charge in [0.25, 0.3) is 0 Å². The van der Waals surface area contributed by atoms with Crippen LogP contribution in [0.25, 0.3) is 16.6 Å². The second kappa shape index (κ2) is 5.66. The molecule has 2 atom stereocenters. The fourth-order valence-electron chi connectivity index (χ4n) is 3.74. The van der Waals surface area contributed by atoms with E-state index in [4.69, 9.17) is 11.6 Å². The lowest BCUT2D eigenvalue weighted by Crippen LogP contribution is -2.07. The van der Waals surface area contributed by atoms with Crippen LogP contribution in [0.3, 0.4) is 0 Å². The van der Waals surface area contributed by atoms with Crippen molar-refractivity contribution >= 4 is 28.2 Å². The van der Waals surface area contributed by atoms with Crippen LogP contribution in [0.4, 0.5) is 13.2 Å². The van der Waals surface area contributed by atoms with Crippen LogP contribution in [0.2, 0.25) is 5.15 Å². The van der Waals surface area contributed by atoms with E-state index >= 15 is 0 Å². The van der Waals surface area contributed by atoms with Crippen molar-refractivity contribution < 1.29 is 13.2 Å². The molecule has 0 N–H and O–H groups in total. The zero-order chi connectivity index (χ0) is 18.8. The van der Waals surface area contributed by atoms with Gasteiger partial charge in [-0.2, -0.15) is 18.3 Å². The van der Waals surface area contributed by atoms with Gasteiger partial charge >= 0.3 is 6.18 Å². The van der Waals surface area contributed by atoms with Gasteiger partial charge < -0.3 is 0 Å². The predicted octanol–water partition coefficient (Wildman–Crippen LogP) is 5.22. The molecule has 3 heterocycles. The number of aromatic nitrogens is 4. The number of alkyl halides is 3. The molecule has 0 spiro atoms. The van der Waals surface area contributed by atoms with Gasteiger partial charge in [-0.1, -0.05) is 17.7 Å².